The SMILES string of the molecule is Cc1cnc(Nc2ccc(OCCN3CCNCC3)cc2)nc1Nc1ccccc1S(N)(=O)=O. The van der Waals surface area contributed by atoms with Crippen molar-refractivity contribution in [1.82, 2.24) is 20.2 Å². The molecule has 0 unspecified atom stereocenters. The van der Waals surface area contributed by atoms with Crippen LogP contribution in [0.5, 0.6) is 5.75 Å². The summed E-state index contributed by atoms with van der Waals surface area (Å²) in [5, 5.41) is 14.9. The maximum absolute atomic E-state index is 11.9. The number of hydrogen-bond donors (Lipinski definition) is 4. The second kappa shape index (κ2) is 10.8. The minimum absolute atomic E-state index is 0.00457. The number of aryl methyl sites for hydroxylation is 1. The zero-order chi connectivity index (χ0) is 24.0. The van der Waals surface area contributed by atoms with E-state index in [1.807, 2.05) is 31.2 Å². The molecule has 11 heteroatoms. The second-order valence-corrected chi connectivity index (χ2v) is 9.51. The summed E-state index contributed by atoms with van der Waals surface area (Å²) in [4.78, 5) is 11.2. The van der Waals surface area contributed by atoms with E-state index < -0.39 is 10.0 Å². The van der Waals surface area contributed by atoms with Crippen molar-refractivity contribution in [2.75, 3.05) is 50.0 Å². The zero-order valence-corrected chi connectivity index (χ0v) is 19.8. The van der Waals surface area contributed by atoms with Crippen LogP contribution >= 0.6 is 0 Å². The summed E-state index contributed by atoms with van der Waals surface area (Å²) in [7, 11) is -3.88. The van der Waals surface area contributed by atoms with E-state index in [0.717, 1.165) is 49.7 Å². The molecule has 0 saturated carbocycles. The Bertz CT molecular complexity index is 1210. The van der Waals surface area contributed by atoms with E-state index in [-0.39, 0.29) is 4.90 Å². The lowest BCUT2D eigenvalue weighted by atomic mass is 10.3. The van der Waals surface area contributed by atoms with Crippen molar-refractivity contribution in [1.29, 1.82) is 0 Å². The quantitative estimate of drug-likeness (QED) is 0.361. The van der Waals surface area contributed by atoms with Crippen LogP contribution in [0.4, 0.5) is 23.1 Å². The van der Waals surface area contributed by atoms with Crippen LogP contribution in [0.3, 0.4) is 0 Å². The molecule has 0 atom stereocenters. The smallest absolute Gasteiger partial charge is 0.240 e. The first-order valence-corrected chi connectivity index (χ1v) is 12.6. The number of aromatic nitrogens is 2. The van der Waals surface area contributed by atoms with Crippen molar-refractivity contribution in [2.24, 2.45) is 5.14 Å². The second-order valence-electron chi connectivity index (χ2n) is 7.98. The maximum Gasteiger partial charge on any atom is 0.240 e. The molecule has 1 aromatic heterocycles. The molecular formula is C23H29N7O3S. The highest BCUT2D eigenvalue weighted by Gasteiger charge is 2.15. The van der Waals surface area contributed by atoms with Crippen molar-refractivity contribution >= 4 is 33.2 Å². The fourth-order valence-electron chi connectivity index (χ4n) is 3.57. The van der Waals surface area contributed by atoms with E-state index in [0.29, 0.717) is 24.1 Å². The Labute approximate surface area is 199 Å². The Morgan fingerprint density at radius 2 is 1.82 bits per heavy atom. The van der Waals surface area contributed by atoms with Crippen LogP contribution in [0, 0.1) is 6.92 Å². The van der Waals surface area contributed by atoms with E-state index in [4.69, 9.17) is 9.88 Å². The van der Waals surface area contributed by atoms with Crippen LogP contribution in [0.15, 0.2) is 59.6 Å². The largest absolute Gasteiger partial charge is 0.492 e. The minimum atomic E-state index is -3.88. The van der Waals surface area contributed by atoms with Gasteiger partial charge < -0.3 is 20.7 Å². The molecule has 2 heterocycles. The predicted octanol–water partition coefficient (Wildman–Crippen LogP) is 2.20. The molecule has 1 fully saturated rings. The van der Waals surface area contributed by atoms with Crippen LogP contribution in [0.1, 0.15) is 5.56 Å². The van der Waals surface area contributed by atoms with E-state index in [2.05, 4.69) is 30.8 Å². The molecule has 1 aliphatic rings. The first-order valence-electron chi connectivity index (χ1n) is 11.0. The van der Waals surface area contributed by atoms with Gasteiger partial charge in [-0.25, -0.2) is 18.5 Å². The summed E-state index contributed by atoms with van der Waals surface area (Å²) < 4.78 is 29.6. The van der Waals surface area contributed by atoms with E-state index in [1.54, 1.807) is 24.4 Å². The number of nitrogens with one attached hydrogen (secondary N) is 3. The molecule has 4 rings (SSSR count). The number of benzene rings is 2. The molecule has 10 nitrogen and oxygen atoms in total. The van der Waals surface area contributed by atoms with Gasteiger partial charge >= 0.3 is 0 Å². The van der Waals surface area contributed by atoms with Crippen LogP contribution < -0.4 is 25.8 Å². The molecule has 0 radical (unpaired) electrons. The van der Waals surface area contributed by atoms with Gasteiger partial charge in [-0.15, -0.1) is 0 Å². The number of piperazine rings is 1. The fraction of sp³-hybridized carbons (Fsp3) is 0.304. The molecule has 0 aliphatic carbocycles. The zero-order valence-electron chi connectivity index (χ0n) is 19.0. The highest BCUT2D eigenvalue weighted by Crippen LogP contribution is 2.26. The number of nitrogens with zero attached hydrogens (tertiary/aromatic N) is 3. The van der Waals surface area contributed by atoms with E-state index >= 15 is 0 Å². The number of primary sulfonamides is 1. The van der Waals surface area contributed by atoms with E-state index in [1.165, 1.54) is 6.07 Å². The average molecular weight is 484 g/mol. The van der Waals surface area contributed by atoms with Gasteiger partial charge in [0.15, 0.2) is 0 Å². The molecule has 0 spiro atoms. The van der Waals surface area contributed by atoms with Gasteiger partial charge in [0, 0.05) is 50.2 Å². The Morgan fingerprint density at radius 3 is 2.56 bits per heavy atom. The standard InChI is InChI=1S/C23H29N7O3S/c1-17-16-26-23(29-22(17)28-20-4-2-3-5-21(20)34(24,31)32)27-18-6-8-19(9-7-18)33-15-14-30-12-10-25-11-13-30/h2-9,16,25H,10-15H2,1H3,(H2,24,31,32)(H2,26,27,28,29). The van der Waals surface area contributed by atoms with Gasteiger partial charge in [-0.2, -0.15) is 4.98 Å². The molecule has 5 N–H and O–H groups in total. The fourth-order valence-corrected chi connectivity index (χ4v) is 4.26. The number of ether oxygens (including phenoxy) is 1. The third-order valence-electron chi connectivity index (χ3n) is 5.41. The van der Waals surface area contributed by atoms with Gasteiger partial charge in [-0.3, -0.25) is 4.90 Å². The minimum Gasteiger partial charge on any atom is -0.492 e. The van der Waals surface area contributed by atoms with Crippen molar-refractivity contribution in [2.45, 2.75) is 11.8 Å². The molecule has 1 aliphatic heterocycles. The van der Waals surface area contributed by atoms with Crippen molar-refractivity contribution < 1.29 is 13.2 Å². The van der Waals surface area contributed by atoms with Crippen LogP contribution in [-0.2, 0) is 10.0 Å². The normalized spacial score (nSPS) is 14.5. The molecular weight excluding hydrogens is 454 g/mol. The topological polar surface area (TPSA) is 134 Å². The molecule has 2 aromatic carbocycles. The summed E-state index contributed by atoms with van der Waals surface area (Å²) in [6, 6.07) is 14.0. The lowest BCUT2D eigenvalue weighted by Crippen LogP contribution is -2.44. The Hall–Kier alpha value is -3.25. The lowest BCUT2D eigenvalue weighted by Gasteiger charge is -2.26. The van der Waals surface area contributed by atoms with Gasteiger partial charge in [-0.1, -0.05) is 12.1 Å². The maximum atomic E-state index is 11.9. The van der Waals surface area contributed by atoms with Crippen LogP contribution in [0.25, 0.3) is 0 Å². The summed E-state index contributed by atoms with van der Waals surface area (Å²) in [6.45, 7) is 7.53. The number of sulfonamides is 1. The number of anilines is 4. The van der Waals surface area contributed by atoms with Gasteiger partial charge in [-0.05, 0) is 43.3 Å². The molecule has 34 heavy (non-hydrogen) atoms. The monoisotopic (exact) mass is 483 g/mol. The van der Waals surface area contributed by atoms with Crippen molar-refractivity contribution in [3.05, 3.63) is 60.3 Å². The summed E-state index contributed by atoms with van der Waals surface area (Å²) in [6.07, 6.45) is 1.66. The Balaban J connectivity index is 1.39. The van der Waals surface area contributed by atoms with Gasteiger partial charge in [0.05, 0.1) is 5.69 Å². The van der Waals surface area contributed by atoms with Gasteiger partial charge in [0.25, 0.3) is 0 Å². The van der Waals surface area contributed by atoms with E-state index in [9.17, 15) is 8.42 Å². The number of para-hydroxylation sites is 1. The Morgan fingerprint density at radius 1 is 1.09 bits per heavy atom. The molecule has 0 bridgehead atoms. The number of nitrogens with two attached hydrogens (primary N) is 1. The van der Waals surface area contributed by atoms with Gasteiger partial charge in [0.2, 0.25) is 16.0 Å². The highest BCUT2D eigenvalue weighted by atomic mass is 32.2. The first kappa shape index (κ1) is 23.9. The van der Waals surface area contributed by atoms with Crippen molar-refractivity contribution in [3.63, 3.8) is 0 Å². The third-order valence-corrected chi connectivity index (χ3v) is 6.38. The predicted molar refractivity (Wildman–Crippen MR) is 132 cm³/mol. The lowest BCUT2D eigenvalue weighted by molar-refractivity contribution is 0.191. The van der Waals surface area contributed by atoms with Crippen LogP contribution in [-0.4, -0.2) is 62.6 Å². The highest BCUT2D eigenvalue weighted by molar-refractivity contribution is 7.89. The summed E-state index contributed by atoms with van der Waals surface area (Å²) in [5.74, 6) is 1.64. The Kier molecular flexibility index (Phi) is 7.58. The molecule has 0 amide bonds. The molecule has 180 valence electrons. The number of hydrogen-bond acceptors (Lipinski definition) is 9. The van der Waals surface area contributed by atoms with Crippen LogP contribution in [0.2, 0.25) is 0 Å². The molecule has 3 aromatic rings. The average Bonchev–Trinajstić information content (AvgIpc) is 2.83. The summed E-state index contributed by atoms with van der Waals surface area (Å²) in [5.41, 5.74) is 1.90. The first-order chi connectivity index (χ1) is 16.4. The van der Waals surface area contributed by atoms with Gasteiger partial charge in [0.1, 0.15) is 23.1 Å². The third kappa shape index (κ3) is 6.41. The number of rotatable bonds is 9. The summed E-state index contributed by atoms with van der Waals surface area (Å²) >= 11 is 0. The van der Waals surface area contributed by atoms with Crippen molar-refractivity contribution in [3.8, 4) is 5.75 Å². The molecule has 1 saturated heterocycles.